The van der Waals surface area contributed by atoms with Gasteiger partial charge in [-0.05, 0) is 31.0 Å². The van der Waals surface area contributed by atoms with Crippen LogP contribution in [0, 0.1) is 13.8 Å². The van der Waals surface area contributed by atoms with Gasteiger partial charge in [-0.1, -0.05) is 22.8 Å². The third kappa shape index (κ3) is 1.70. The van der Waals surface area contributed by atoms with E-state index in [4.69, 9.17) is 21.9 Å². The average Bonchev–Trinajstić information content (AvgIpc) is 2.59. The average molecular weight is 223 g/mol. The Kier molecular flexibility index (Phi) is 2.40. The third-order valence-corrected chi connectivity index (χ3v) is 2.77. The lowest BCUT2D eigenvalue weighted by molar-refractivity contribution is 0.435. The number of benzene rings is 1. The van der Waals surface area contributed by atoms with Crippen LogP contribution in [0.1, 0.15) is 11.1 Å². The Morgan fingerprint density at radius 1 is 1.33 bits per heavy atom. The molecule has 0 saturated heterocycles. The quantitative estimate of drug-likeness (QED) is 0.806. The third-order valence-electron chi connectivity index (χ3n) is 2.46. The first-order chi connectivity index (χ1) is 7.09. The maximum atomic E-state index is 6.12. The maximum Gasteiger partial charge on any atom is 0.170 e. The number of nitrogens with zero attached hydrogens (tertiary/aromatic N) is 1. The van der Waals surface area contributed by atoms with Gasteiger partial charge < -0.3 is 10.3 Å². The Morgan fingerprint density at radius 2 is 2.07 bits per heavy atom. The van der Waals surface area contributed by atoms with Gasteiger partial charge >= 0.3 is 0 Å². The summed E-state index contributed by atoms with van der Waals surface area (Å²) in [5, 5.41) is 4.30. The Bertz CT molecular complexity index is 505. The van der Waals surface area contributed by atoms with Crippen molar-refractivity contribution in [2.75, 3.05) is 5.73 Å². The van der Waals surface area contributed by atoms with Gasteiger partial charge in [-0.2, -0.15) is 0 Å². The van der Waals surface area contributed by atoms with Crippen molar-refractivity contribution in [2.24, 2.45) is 0 Å². The number of nitrogen functional groups attached to an aromatic ring is 1. The van der Waals surface area contributed by atoms with Crippen molar-refractivity contribution in [3.05, 3.63) is 34.3 Å². The lowest BCUT2D eigenvalue weighted by atomic mass is 10.0. The molecule has 0 atom stereocenters. The Morgan fingerprint density at radius 3 is 2.67 bits per heavy atom. The number of aromatic nitrogens is 1. The van der Waals surface area contributed by atoms with E-state index in [1.165, 1.54) is 0 Å². The van der Waals surface area contributed by atoms with E-state index in [9.17, 15) is 0 Å². The number of nitrogens with two attached hydrogens (primary N) is 1. The molecule has 0 bridgehead atoms. The highest BCUT2D eigenvalue weighted by atomic mass is 35.5. The molecule has 4 heteroatoms. The molecule has 78 valence electrons. The van der Waals surface area contributed by atoms with Crippen LogP contribution in [0.25, 0.3) is 11.3 Å². The molecule has 15 heavy (non-hydrogen) atoms. The Balaban J connectivity index is 2.66. The zero-order valence-corrected chi connectivity index (χ0v) is 9.30. The SMILES string of the molecule is Cc1ccc(Cl)c(-c2cc(N)no2)c1C. The smallest absolute Gasteiger partial charge is 0.170 e. The minimum absolute atomic E-state index is 0.363. The first-order valence-electron chi connectivity index (χ1n) is 4.58. The normalized spacial score (nSPS) is 10.6. The lowest BCUT2D eigenvalue weighted by Gasteiger charge is -2.07. The number of anilines is 1. The first-order valence-corrected chi connectivity index (χ1v) is 4.95. The highest BCUT2D eigenvalue weighted by molar-refractivity contribution is 6.33. The predicted molar refractivity (Wildman–Crippen MR) is 60.8 cm³/mol. The number of halogens is 1. The van der Waals surface area contributed by atoms with Gasteiger partial charge in [0, 0.05) is 11.6 Å². The second-order valence-corrected chi connectivity index (χ2v) is 3.89. The van der Waals surface area contributed by atoms with E-state index in [0.29, 0.717) is 16.6 Å². The van der Waals surface area contributed by atoms with E-state index >= 15 is 0 Å². The molecule has 2 N–H and O–H groups in total. The number of hydrogen-bond acceptors (Lipinski definition) is 3. The monoisotopic (exact) mass is 222 g/mol. The van der Waals surface area contributed by atoms with Crippen LogP contribution in [0.5, 0.6) is 0 Å². The highest BCUT2D eigenvalue weighted by Crippen LogP contribution is 2.33. The van der Waals surface area contributed by atoms with Crippen molar-refractivity contribution < 1.29 is 4.52 Å². The van der Waals surface area contributed by atoms with E-state index in [1.807, 2.05) is 26.0 Å². The van der Waals surface area contributed by atoms with Gasteiger partial charge in [-0.15, -0.1) is 0 Å². The fourth-order valence-corrected chi connectivity index (χ4v) is 1.79. The summed E-state index contributed by atoms with van der Waals surface area (Å²) < 4.78 is 5.11. The molecular weight excluding hydrogens is 212 g/mol. The summed E-state index contributed by atoms with van der Waals surface area (Å²) >= 11 is 6.12. The fourth-order valence-electron chi connectivity index (χ4n) is 1.49. The zero-order valence-electron chi connectivity index (χ0n) is 8.54. The van der Waals surface area contributed by atoms with Crippen molar-refractivity contribution >= 4 is 17.4 Å². The number of aryl methyl sites for hydroxylation is 1. The molecule has 0 saturated carbocycles. The molecule has 0 unspecified atom stereocenters. The molecule has 0 fully saturated rings. The zero-order chi connectivity index (χ0) is 11.0. The molecule has 0 spiro atoms. The summed E-state index contributed by atoms with van der Waals surface area (Å²) in [5.74, 6) is 0.973. The van der Waals surface area contributed by atoms with Crippen LogP contribution in [0.15, 0.2) is 22.7 Å². The molecule has 1 heterocycles. The standard InChI is InChI=1S/C11H11ClN2O/c1-6-3-4-8(12)11(7(6)2)9-5-10(13)14-15-9/h3-5H,1-2H3,(H2,13,14). The van der Waals surface area contributed by atoms with Crippen LogP contribution in [0.2, 0.25) is 5.02 Å². The molecule has 3 nitrogen and oxygen atoms in total. The minimum atomic E-state index is 0.363. The molecule has 0 aliphatic carbocycles. The van der Waals surface area contributed by atoms with Gasteiger partial charge in [0.2, 0.25) is 0 Å². The van der Waals surface area contributed by atoms with Gasteiger partial charge in [0.25, 0.3) is 0 Å². The molecular formula is C11H11ClN2O. The number of hydrogen-bond donors (Lipinski definition) is 1. The second kappa shape index (κ2) is 3.59. The minimum Gasteiger partial charge on any atom is -0.381 e. The molecule has 2 aromatic rings. The summed E-state index contributed by atoms with van der Waals surface area (Å²) in [6.07, 6.45) is 0. The van der Waals surface area contributed by atoms with Crippen molar-refractivity contribution in [3.8, 4) is 11.3 Å². The first kappa shape index (κ1) is 10.1. The van der Waals surface area contributed by atoms with E-state index in [-0.39, 0.29) is 0 Å². The van der Waals surface area contributed by atoms with Gasteiger partial charge in [-0.3, -0.25) is 0 Å². The van der Waals surface area contributed by atoms with Crippen molar-refractivity contribution in [2.45, 2.75) is 13.8 Å². The van der Waals surface area contributed by atoms with E-state index in [2.05, 4.69) is 5.16 Å². The lowest BCUT2D eigenvalue weighted by Crippen LogP contribution is -1.87. The van der Waals surface area contributed by atoms with Crippen LogP contribution in [-0.4, -0.2) is 5.16 Å². The summed E-state index contributed by atoms with van der Waals surface area (Å²) in [6.45, 7) is 4.02. The van der Waals surface area contributed by atoms with Crippen LogP contribution >= 0.6 is 11.6 Å². The van der Waals surface area contributed by atoms with E-state index in [1.54, 1.807) is 6.07 Å². The second-order valence-electron chi connectivity index (χ2n) is 3.48. The Labute approximate surface area is 92.8 Å². The van der Waals surface area contributed by atoms with Gasteiger partial charge in [0.15, 0.2) is 11.6 Å². The van der Waals surface area contributed by atoms with Crippen molar-refractivity contribution in [1.82, 2.24) is 5.16 Å². The van der Waals surface area contributed by atoms with Crippen LogP contribution in [0.4, 0.5) is 5.82 Å². The van der Waals surface area contributed by atoms with Gasteiger partial charge in [0.05, 0.1) is 5.02 Å². The van der Waals surface area contributed by atoms with Gasteiger partial charge in [0.1, 0.15) is 0 Å². The summed E-state index contributed by atoms with van der Waals surface area (Å²) in [6, 6.07) is 5.49. The molecule has 0 amide bonds. The van der Waals surface area contributed by atoms with Gasteiger partial charge in [-0.25, -0.2) is 0 Å². The summed E-state index contributed by atoms with van der Waals surface area (Å²) in [7, 11) is 0. The van der Waals surface area contributed by atoms with E-state index < -0.39 is 0 Å². The number of rotatable bonds is 1. The van der Waals surface area contributed by atoms with Crippen molar-refractivity contribution in [3.63, 3.8) is 0 Å². The topological polar surface area (TPSA) is 52.0 Å². The van der Waals surface area contributed by atoms with Crippen LogP contribution < -0.4 is 5.73 Å². The molecule has 1 aromatic carbocycles. The summed E-state index contributed by atoms with van der Waals surface area (Å²) in [4.78, 5) is 0. The maximum absolute atomic E-state index is 6.12. The predicted octanol–water partition coefficient (Wildman–Crippen LogP) is 3.19. The molecule has 0 aliphatic heterocycles. The largest absolute Gasteiger partial charge is 0.381 e. The molecule has 1 aromatic heterocycles. The van der Waals surface area contributed by atoms with Crippen LogP contribution in [0.3, 0.4) is 0 Å². The highest BCUT2D eigenvalue weighted by Gasteiger charge is 2.13. The fraction of sp³-hybridized carbons (Fsp3) is 0.182. The molecule has 2 rings (SSSR count). The van der Waals surface area contributed by atoms with Crippen molar-refractivity contribution in [1.29, 1.82) is 0 Å². The van der Waals surface area contributed by atoms with E-state index in [0.717, 1.165) is 16.7 Å². The molecule has 0 aliphatic rings. The molecule has 0 radical (unpaired) electrons. The Hall–Kier alpha value is -1.48. The van der Waals surface area contributed by atoms with Crippen LogP contribution in [-0.2, 0) is 0 Å². The summed E-state index contributed by atoms with van der Waals surface area (Å²) in [5.41, 5.74) is 8.61.